The van der Waals surface area contributed by atoms with Gasteiger partial charge in [-0.25, -0.2) is 4.79 Å². The Hall–Kier alpha value is -4.53. The minimum Gasteiger partial charge on any atom is -0.507 e. The normalized spacial score (nSPS) is 17.4. The number of nitrogens with one attached hydrogen (secondary N) is 1. The molecule has 4 rings (SSSR count). The second-order valence-corrected chi connectivity index (χ2v) is 8.91. The molecule has 1 aliphatic carbocycles. The fraction of sp³-hybridized carbons (Fsp3) is 0.250. The number of carbonyl (C=O) groups is 3. The highest BCUT2D eigenvalue weighted by Gasteiger charge is 2.31. The molecule has 0 unspecified atom stereocenters. The van der Waals surface area contributed by atoms with Crippen LogP contribution in [0.2, 0.25) is 0 Å². The molecule has 3 aromatic rings. The summed E-state index contributed by atoms with van der Waals surface area (Å²) >= 11 is 0. The standard InChI is InChI=1S/C28H27NO8/c30-20-11-6-4-8-17(20)26(34)25-22(32)14-16(15-23(25)33)28(36)37-24-13-3-1-2-10-19(24)29-27(35)18-9-5-7-12-21(18)31/h4-9,11-12,14-15,19,24,30-33H,1-3,10,13H2,(H,29,35)/t19-,24-/m1/s1. The molecule has 9 nitrogen and oxygen atoms in total. The first-order chi connectivity index (χ1) is 17.8. The highest BCUT2D eigenvalue weighted by molar-refractivity contribution is 6.14. The number of amides is 1. The van der Waals surface area contributed by atoms with E-state index in [4.69, 9.17) is 4.74 Å². The van der Waals surface area contributed by atoms with Gasteiger partial charge < -0.3 is 30.5 Å². The molecule has 0 radical (unpaired) electrons. The Balaban J connectivity index is 1.53. The van der Waals surface area contributed by atoms with Crippen LogP contribution in [-0.4, -0.2) is 50.2 Å². The quantitative estimate of drug-likeness (QED) is 0.191. The van der Waals surface area contributed by atoms with E-state index in [1.165, 1.54) is 36.4 Å². The molecule has 1 aliphatic rings. The SMILES string of the molecule is O=C(O[C@@H]1CCCCC[C@H]1NC(=O)c1ccccc1O)c1cc(O)c(C(=O)c2ccccc2O)c(O)c1. The minimum atomic E-state index is -0.846. The molecule has 0 heterocycles. The fourth-order valence-electron chi connectivity index (χ4n) is 4.46. The van der Waals surface area contributed by atoms with Crippen LogP contribution in [0, 0.1) is 0 Å². The Morgan fingerprint density at radius 2 is 1.30 bits per heavy atom. The average molecular weight is 506 g/mol. The number of hydrogen-bond donors (Lipinski definition) is 5. The number of aromatic hydroxyl groups is 4. The van der Waals surface area contributed by atoms with Gasteiger partial charge in [-0.05, 0) is 55.7 Å². The molecule has 37 heavy (non-hydrogen) atoms. The molecule has 5 N–H and O–H groups in total. The van der Waals surface area contributed by atoms with Gasteiger partial charge in [-0.3, -0.25) is 9.59 Å². The van der Waals surface area contributed by atoms with E-state index >= 15 is 0 Å². The van der Waals surface area contributed by atoms with Gasteiger partial charge >= 0.3 is 5.97 Å². The average Bonchev–Trinajstić information content (AvgIpc) is 3.08. The van der Waals surface area contributed by atoms with E-state index in [2.05, 4.69) is 5.32 Å². The summed E-state index contributed by atoms with van der Waals surface area (Å²) in [5.41, 5.74) is -0.652. The Morgan fingerprint density at radius 3 is 1.92 bits per heavy atom. The molecule has 2 atom stereocenters. The van der Waals surface area contributed by atoms with Gasteiger partial charge in [0.05, 0.1) is 22.7 Å². The van der Waals surface area contributed by atoms with Crippen LogP contribution in [-0.2, 0) is 4.74 Å². The van der Waals surface area contributed by atoms with Gasteiger partial charge in [-0.15, -0.1) is 0 Å². The third-order valence-electron chi connectivity index (χ3n) is 6.38. The molecule has 0 saturated heterocycles. The van der Waals surface area contributed by atoms with Gasteiger partial charge in [0.25, 0.3) is 5.91 Å². The smallest absolute Gasteiger partial charge is 0.338 e. The molecule has 192 valence electrons. The van der Waals surface area contributed by atoms with Gasteiger partial charge in [0.1, 0.15) is 34.7 Å². The lowest BCUT2D eigenvalue weighted by Crippen LogP contribution is -2.44. The van der Waals surface area contributed by atoms with Crippen LogP contribution in [0.3, 0.4) is 0 Å². The van der Waals surface area contributed by atoms with Gasteiger partial charge in [0, 0.05) is 0 Å². The zero-order valence-electron chi connectivity index (χ0n) is 19.9. The summed E-state index contributed by atoms with van der Waals surface area (Å²) in [6.45, 7) is 0. The van der Waals surface area contributed by atoms with Crippen molar-refractivity contribution in [2.24, 2.45) is 0 Å². The highest BCUT2D eigenvalue weighted by atomic mass is 16.5. The number of para-hydroxylation sites is 2. The fourth-order valence-corrected chi connectivity index (χ4v) is 4.46. The first-order valence-electron chi connectivity index (χ1n) is 11.9. The molecule has 9 heteroatoms. The first-order valence-corrected chi connectivity index (χ1v) is 11.9. The third-order valence-corrected chi connectivity index (χ3v) is 6.38. The maximum atomic E-state index is 13.0. The summed E-state index contributed by atoms with van der Waals surface area (Å²) in [5.74, 6) is -3.93. The number of ether oxygens (including phenoxy) is 1. The number of phenols is 4. The lowest BCUT2D eigenvalue weighted by Gasteiger charge is -2.26. The van der Waals surface area contributed by atoms with Crippen LogP contribution in [0.1, 0.15) is 68.7 Å². The van der Waals surface area contributed by atoms with Crippen LogP contribution in [0.4, 0.5) is 0 Å². The Morgan fingerprint density at radius 1 is 0.730 bits per heavy atom. The topological polar surface area (TPSA) is 153 Å². The molecule has 1 saturated carbocycles. The molecule has 3 aromatic carbocycles. The first kappa shape index (κ1) is 25.6. The van der Waals surface area contributed by atoms with Crippen molar-refractivity contribution in [3.63, 3.8) is 0 Å². The number of carbonyl (C=O) groups excluding carboxylic acids is 3. The van der Waals surface area contributed by atoms with Crippen LogP contribution >= 0.6 is 0 Å². The van der Waals surface area contributed by atoms with E-state index in [0.717, 1.165) is 31.4 Å². The van der Waals surface area contributed by atoms with Crippen molar-refractivity contribution in [3.05, 3.63) is 82.9 Å². The number of rotatable bonds is 6. The number of phenolic OH excluding ortho intramolecular Hbond substituents is 4. The van der Waals surface area contributed by atoms with Crippen LogP contribution in [0.5, 0.6) is 23.0 Å². The lowest BCUT2D eigenvalue weighted by molar-refractivity contribution is 0.0178. The van der Waals surface area contributed by atoms with Crippen LogP contribution < -0.4 is 5.32 Å². The number of esters is 1. The van der Waals surface area contributed by atoms with Crippen molar-refractivity contribution in [2.75, 3.05) is 0 Å². The molecule has 0 spiro atoms. The highest BCUT2D eigenvalue weighted by Crippen LogP contribution is 2.34. The van der Waals surface area contributed by atoms with Crippen molar-refractivity contribution >= 4 is 17.7 Å². The minimum absolute atomic E-state index is 0.108. The van der Waals surface area contributed by atoms with Crippen LogP contribution in [0.25, 0.3) is 0 Å². The van der Waals surface area contributed by atoms with Gasteiger partial charge in [-0.2, -0.15) is 0 Å². The number of benzene rings is 3. The molecule has 1 fully saturated rings. The summed E-state index contributed by atoms with van der Waals surface area (Å²) in [6.07, 6.45) is 2.83. The number of ketones is 1. The summed E-state index contributed by atoms with van der Waals surface area (Å²) in [6, 6.07) is 13.3. The van der Waals surface area contributed by atoms with Crippen molar-refractivity contribution in [2.45, 2.75) is 44.2 Å². The lowest BCUT2D eigenvalue weighted by atomic mass is 9.99. The van der Waals surface area contributed by atoms with Crippen molar-refractivity contribution in [1.82, 2.24) is 5.32 Å². The largest absolute Gasteiger partial charge is 0.507 e. The van der Waals surface area contributed by atoms with Gasteiger partial charge in [-0.1, -0.05) is 37.1 Å². The third kappa shape index (κ3) is 5.66. The number of hydrogen-bond acceptors (Lipinski definition) is 8. The summed E-state index contributed by atoms with van der Waals surface area (Å²) < 4.78 is 5.69. The zero-order chi connectivity index (χ0) is 26.5. The zero-order valence-corrected chi connectivity index (χ0v) is 19.9. The Kier molecular flexibility index (Phi) is 7.62. The Bertz CT molecular complexity index is 1310. The molecule has 0 bridgehead atoms. The Labute approximate surface area is 213 Å². The molecule has 1 amide bonds. The summed E-state index contributed by atoms with van der Waals surface area (Å²) in [5, 5.41) is 43.7. The van der Waals surface area contributed by atoms with Crippen molar-refractivity contribution < 1.29 is 39.5 Å². The van der Waals surface area contributed by atoms with E-state index in [1.807, 2.05) is 0 Å². The monoisotopic (exact) mass is 505 g/mol. The van der Waals surface area contributed by atoms with Crippen molar-refractivity contribution in [3.8, 4) is 23.0 Å². The molecular formula is C28H27NO8. The summed E-state index contributed by atoms with van der Waals surface area (Å²) in [7, 11) is 0. The molecule has 0 aromatic heterocycles. The predicted molar refractivity (Wildman–Crippen MR) is 133 cm³/mol. The maximum Gasteiger partial charge on any atom is 0.338 e. The molecular weight excluding hydrogens is 478 g/mol. The van der Waals surface area contributed by atoms with E-state index < -0.39 is 46.9 Å². The second-order valence-electron chi connectivity index (χ2n) is 8.91. The van der Waals surface area contributed by atoms with Gasteiger partial charge in [0.15, 0.2) is 0 Å². The van der Waals surface area contributed by atoms with Crippen molar-refractivity contribution in [1.29, 1.82) is 0 Å². The van der Waals surface area contributed by atoms with E-state index in [1.54, 1.807) is 12.1 Å². The van der Waals surface area contributed by atoms with Crippen LogP contribution in [0.15, 0.2) is 60.7 Å². The van der Waals surface area contributed by atoms with E-state index in [9.17, 15) is 34.8 Å². The molecule has 0 aliphatic heterocycles. The predicted octanol–water partition coefficient (Wildman–Crippen LogP) is 4.03. The maximum absolute atomic E-state index is 13.0. The van der Waals surface area contributed by atoms with E-state index in [-0.39, 0.29) is 28.2 Å². The second kappa shape index (κ2) is 11.0. The summed E-state index contributed by atoms with van der Waals surface area (Å²) in [4.78, 5) is 38.5. The van der Waals surface area contributed by atoms with E-state index in [0.29, 0.717) is 12.8 Å². The van der Waals surface area contributed by atoms with Gasteiger partial charge in [0.2, 0.25) is 5.78 Å².